The topological polar surface area (TPSA) is 44.8 Å². The van der Waals surface area contributed by atoms with Gasteiger partial charge in [0.15, 0.2) is 0 Å². The van der Waals surface area contributed by atoms with Gasteiger partial charge in [-0.05, 0) is 45.8 Å². The minimum Gasteiger partial charge on any atom is -0.378 e. The van der Waals surface area contributed by atoms with Crippen LogP contribution in [0.2, 0.25) is 0 Å². The first kappa shape index (κ1) is 15.7. The lowest BCUT2D eigenvalue weighted by atomic mass is 10.1. The Morgan fingerprint density at radius 1 is 1.25 bits per heavy atom. The zero-order chi connectivity index (χ0) is 14.4. The number of nitrogens with zero attached hydrogens (tertiary/aromatic N) is 2. The number of amides is 1. The second-order valence-electron chi connectivity index (χ2n) is 5.89. The molecule has 5 heteroatoms. The van der Waals surface area contributed by atoms with Crippen LogP contribution >= 0.6 is 0 Å². The maximum absolute atomic E-state index is 12.4. The predicted molar refractivity (Wildman–Crippen MR) is 79.7 cm³/mol. The molecule has 2 aliphatic rings. The van der Waals surface area contributed by atoms with Gasteiger partial charge in [-0.15, -0.1) is 0 Å². The Morgan fingerprint density at radius 2 is 2.00 bits per heavy atom. The van der Waals surface area contributed by atoms with E-state index in [1.165, 1.54) is 19.4 Å². The molecule has 0 aromatic carbocycles. The van der Waals surface area contributed by atoms with Crippen LogP contribution < -0.4 is 5.32 Å². The molecule has 0 bridgehead atoms. The minimum atomic E-state index is -0.0775. The Bertz CT molecular complexity index is 305. The van der Waals surface area contributed by atoms with Crippen LogP contribution in [0.15, 0.2) is 0 Å². The molecule has 2 saturated heterocycles. The maximum Gasteiger partial charge on any atom is 0.239 e. The Labute approximate surface area is 122 Å². The molecule has 2 unspecified atom stereocenters. The van der Waals surface area contributed by atoms with Gasteiger partial charge in [-0.3, -0.25) is 4.79 Å². The Hall–Kier alpha value is -0.650. The van der Waals surface area contributed by atoms with Gasteiger partial charge in [0.25, 0.3) is 0 Å². The third kappa shape index (κ3) is 4.43. The number of morpholine rings is 1. The fraction of sp³-hybridized carbons (Fsp3) is 0.933. The lowest BCUT2D eigenvalue weighted by molar-refractivity contribution is -0.137. The highest BCUT2D eigenvalue weighted by Crippen LogP contribution is 2.12. The van der Waals surface area contributed by atoms with Gasteiger partial charge in [0, 0.05) is 19.1 Å². The van der Waals surface area contributed by atoms with E-state index in [0.717, 1.165) is 32.6 Å². The second-order valence-corrected chi connectivity index (χ2v) is 5.89. The van der Waals surface area contributed by atoms with Gasteiger partial charge in [0.05, 0.1) is 19.3 Å². The summed E-state index contributed by atoms with van der Waals surface area (Å²) in [5.74, 6) is 0.227. The van der Waals surface area contributed by atoms with Crippen molar-refractivity contribution >= 4 is 5.91 Å². The molecule has 1 amide bonds. The summed E-state index contributed by atoms with van der Waals surface area (Å²) in [6.07, 6.45) is 3.55. The number of carbonyl (C=O) groups is 1. The zero-order valence-electron chi connectivity index (χ0n) is 12.9. The van der Waals surface area contributed by atoms with Crippen LogP contribution in [0.4, 0.5) is 0 Å². The van der Waals surface area contributed by atoms with E-state index in [1.54, 1.807) is 0 Å². The number of hydrogen-bond donors (Lipinski definition) is 1. The first-order valence-electron chi connectivity index (χ1n) is 8.05. The van der Waals surface area contributed by atoms with E-state index in [-0.39, 0.29) is 11.9 Å². The summed E-state index contributed by atoms with van der Waals surface area (Å²) >= 11 is 0. The van der Waals surface area contributed by atoms with Crippen LogP contribution in [-0.4, -0.2) is 73.7 Å². The highest BCUT2D eigenvalue weighted by atomic mass is 16.5. The largest absolute Gasteiger partial charge is 0.378 e. The molecule has 2 aliphatic heterocycles. The van der Waals surface area contributed by atoms with Crippen LogP contribution in [0.1, 0.15) is 33.1 Å². The monoisotopic (exact) mass is 283 g/mol. The summed E-state index contributed by atoms with van der Waals surface area (Å²) in [4.78, 5) is 16.8. The van der Waals surface area contributed by atoms with Gasteiger partial charge < -0.3 is 19.9 Å². The highest BCUT2D eigenvalue weighted by Gasteiger charge is 2.25. The van der Waals surface area contributed by atoms with Crippen LogP contribution in [0.5, 0.6) is 0 Å². The summed E-state index contributed by atoms with van der Waals surface area (Å²) in [5.41, 5.74) is 0. The lowest BCUT2D eigenvalue weighted by Gasteiger charge is -2.31. The second kappa shape index (κ2) is 7.96. The van der Waals surface area contributed by atoms with Crippen molar-refractivity contribution in [3.8, 4) is 0 Å². The van der Waals surface area contributed by atoms with Crippen LogP contribution in [0, 0.1) is 0 Å². The molecule has 2 rings (SSSR count). The SMILES string of the molecule is CCN1CCCC(NC(C)C(=O)N2CCOCC2)CC1. The molecular formula is C15H29N3O2. The van der Waals surface area contributed by atoms with Crippen molar-refractivity contribution in [2.45, 2.75) is 45.2 Å². The lowest BCUT2D eigenvalue weighted by Crippen LogP contribution is -2.51. The number of ether oxygens (including phenoxy) is 1. The van der Waals surface area contributed by atoms with Gasteiger partial charge in [-0.25, -0.2) is 0 Å². The van der Waals surface area contributed by atoms with Gasteiger partial charge in [0.2, 0.25) is 5.91 Å². The van der Waals surface area contributed by atoms with Crippen LogP contribution in [0.3, 0.4) is 0 Å². The molecule has 5 nitrogen and oxygen atoms in total. The summed E-state index contributed by atoms with van der Waals surface area (Å²) in [6, 6.07) is 0.401. The number of likely N-dealkylation sites (tertiary alicyclic amines) is 1. The average Bonchev–Trinajstić information content (AvgIpc) is 2.72. The molecule has 2 heterocycles. The number of hydrogen-bond acceptors (Lipinski definition) is 4. The molecule has 2 fully saturated rings. The van der Waals surface area contributed by atoms with Crippen molar-refractivity contribution in [3.63, 3.8) is 0 Å². The van der Waals surface area contributed by atoms with E-state index in [9.17, 15) is 4.79 Å². The van der Waals surface area contributed by atoms with Crippen molar-refractivity contribution in [1.29, 1.82) is 0 Å². The zero-order valence-corrected chi connectivity index (χ0v) is 12.9. The molecule has 0 aromatic heterocycles. The summed E-state index contributed by atoms with van der Waals surface area (Å²) in [5, 5.41) is 3.54. The molecule has 2 atom stereocenters. The standard InChI is InChI=1S/C15H29N3O2/c1-3-17-7-4-5-14(6-8-17)16-13(2)15(19)18-9-11-20-12-10-18/h13-14,16H,3-12H2,1-2H3. The Morgan fingerprint density at radius 3 is 2.70 bits per heavy atom. The molecule has 20 heavy (non-hydrogen) atoms. The third-order valence-corrected chi connectivity index (χ3v) is 4.45. The number of carbonyl (C=O) groups excluding carboxylic acids is 1. The van der Waals surface area contributed by atoms with E-state index in [4.69, 9.17) is 4.74 Å². The maximum atomic E-state index is 12.4. The number of rotatable bonds is 4. The van der Waals surface area contributed by atoms with Gasteiger partial charge >= 0.3 is 0 Å². The molecule has 1 N–H and O–H groups in total. The van der Waals surface area contributed by atoms with Gasteiger partial charge in [-0.1, -0.05) is 6.92 Å². The molecule has 116 valence electrons. The Kier molecular flexibility index (Phi) is 6.26. The van der Waals surface area contributed by atoms with E-state index >= 15 is 0 Å². The fourth-order valence-corrected chi connectivity index (χ4v) is 3.12. The fourth-order valence-electron chi connectivity index (χ4n) is 3.12. The van der Waals surface area contributed by atoms with Gasteiger partial charge in [0.1, 0.15) is 0 Å². The summed E-state index contributed by atoms with van der Waals surface area (Å²) < 4.78 is 5.30. The summed E-state index contributed by atoms with van der Waals surface area (Å²) in [6.45, 7) is 10.5. The van der Waals surface area contributed by atoms with Crippen molar-refractivity contribution in [1.82, 2.24) is 15.1 Å². The normalized spacial score (nSPS) is 27.1. The molecule has 0 aromatic rings. The molecule has 0 spiro atoms. The first-order chi connectivity index (χ1) is 9.70. The van der Waals surface area contributed by atoms with Crippen molar-refractivity contribution in [2.75, 3.05) is 45.9 Å². The molecular weight excluding hydrogens is 254 g/mol. The molecule has 0 saturated carbocycles. The first-order valence-corrected chi connectivity index (χ1v) is 8.05. The molecule has 0 radical (unpaired) electrons. The smallest absolute Gasteiger partial charge is 0.239 e. The van der Waals surface area contributed by atoms with Gasteiger partial charge in [-0.2, -0.15) is 0 Å². The van der Waals surface area contributed by atoms with Crippen molar-refractivity contribution in [2.24, 2.45) is 0 Å². The van der Waals surface area contributed by atoms with Crippen LogP contribution in [0.25, 0.3) is 0 Å². The summed E-state index contributed by atoms with van der Waals surface area (Å²) in [7, 11) is 0. The van der Waals surface area contributed by atoms with E-state index in [1.807, 2.05) is 11.8 Å². The van der Waals surface area contributed by atoms with E-state index < -0.39 is 0 Å². The Balaban J connectivity index is 1.78. The highest BCUT2D eigenvalue weighted by molar-refractivity contribution is 5.81. The third-order valence-electron chi connectivity index (χ3n) is 4.45. The van der Waals surface area contributed by atoms with Crippen molar-refractivity contribution < 1.29 is 9.53 Å². The predicted octanol–water partition coefficient (Wildman–Crippen LogP) is 0.698. The number of nitrogens with one attached hydrogen (secondary N) is 1. The minimum absolute atomic E-state index is 0.0775. The van der Waals surface area contributed by atoms with E-state index in [0.29, 0.717) is 19.3 Å². The average molecular weight is 283 g/mol. The molecule has 0 aliphatic carbocycles. The quantitative estimate of drug-likeness (QED) is 0.825. The van der Waals surface area contributed by atoms with E-state index in [2.05, 4.69) is 17.1 Å². The van der Waals surface area contributed by atoms with Crippen LogP contribution in [-0.2, 0) is 9.53 Å². The van der Waals surface area contributed by atoms with Crippen molar-refractivity contribution in [3.05, 3.63) is 0 Å².